The number of nitrogens with two attached hydrogens (primary N) is 2. The van der Waals surface area contributed by atoms with Gasteiger partial charge >= 0.3 is 0 Å². The van der Waals surface area contributed by atoms with Crippen molar-refractivity contribution in [3.63, 3.8) is 0 Å². The summed E-state index contributed by atoms with van der Waals surface area (Å²) in [5, 5.41) is 21.3. The maximum Gasteiger partial charge on any atom is 0.209 e. The summed E-state index contributed by atoms with van der Waals surface area (Å²) >= 11 is 4.89. The average Bonchev–Trinajstić information content (AvgIpc) is 3.35. The molecule has 0 radical (unpaired) electrons. The third-order valence-corrected chi connectivity index (χ3v) is 6.71. The van der Waals surface area contributed by atoms with Crippen molar-refractivity contribution in [1.82, 2.24) is 14.8 Å². The number of hydrogen-bond acceptors (Lipinski definition) is 9. The summed E-state index contributed by atoms with van der Waals surface area (Å²) in [7, 11) is 4.02. The van der Waals surface area contributed by atoms with Gasteiger partial charge in [-0.3, -0.25) is 5.41 Å². The van der Waals surface area contributed by atoms with Gasteiger partial charge in [-0.1, -0.05) is 0 Å². The number of nitrogens with zero attached hydrogens (tertiary/aromatic N) is 5. The predicted molar refractivity (Wildman–Crippen MR) is 135 cm³/mol. The van der Waals surface area contributed by atoms with Crippen LogP contribution in [0.3, 0.4) is 0 Å². The summed E-state index contributed by atoms with van der Waals surface area (Å²) in [5.74, 6) is 5.19. The van der Waals surface area contributed by atoms with Gasteiger partial charge in [0, 0.05) is 35.7 Å². The molecule has 2 aromatic heterocycles. The predicted octanol–water partition coefficient (Wildman–Crippen LogP) is 2.37. The van der Waals surface area contributed by atoms with E-state index in [1.54, 1.807) is 29.7 Å². The van der Waals surface area contributed by atoms with Gasteiger partial charge in [0.2, 0.25) is 12.2 Å². The normalized spacial score (nSPS) is 11.5. The van der Waals surface area contributed by atoms with E-state index in [0.717, 1.165) is 46.8 Å². The van der Waals surface area contributed by atoms with E-state index in [2.05, 4.69) is 20.2 Å². The largest absolute Gasteiger partial charge is 0.464 e. The SMILES string of the molecule is CN(C)Cc1ccc(CSCCN(CCSCc2csc(NC(=N)N)n2)C(N)=NC#N)o1. The maximum atomic E-state index is 8.85. The first-order valence-corrected chi connectivity index (χ1v) is 13.0. The average molecular weight is 496 g/mol. The molecule has 0 spiro atoms. The number of furan rings is 1. The van der Waals surface area contributed by atoms with Gasteiger partial charge < -0.3 is 31.0 Å². The fourth-order valence-electron chi connectivity index (χ4n) is 2.60. The van der Waals surface area contributed by atoms with E-state index in [9.17, 15) is 0 Å². The third kappa shape index (κ3) is 9.82. The summed E-state index contributed by atoms with van der Waals surface area (Å²) in [6, 6.07) is 4.03. The Kier molecular flexibility index (Phi) is 11.2. The molecule has 0 bridgehead atoms. The van der Waals surface area contributed by atoms with Crippen molar-refractivity contribution < 1.29 is 4.42 Å². The molecule has 0 unspecified atom stereocenters. The van der Waals surface area contributed by atoms with Crippen molar-refractivity contribution in [3.05, 3.63) is 34.7 Å². The van der Waals surface area contributed by atoms with Crippen LogP contribution in [-0.4, -0.2) is 65.4 Å². The van der Waals surface area contributed by atoms with Crippen LogP contribution in [0.2, 0.25) is 0 Å². The van der Waals surface area contributed by atoms with Gasteiger partial charge in [0.1, 0.15) is 11.5 Å². The lowest BCUT2D eigenvalue weighted by Crippen LogP contribution is -2.40. The van der Waals surface area contributed by atoms with Gasteiger partial charge in [-0.05, 0) is 26.2 Å². The molecule has 174 valence electrons. The highest BCUT2D eigenvalue weighted by atomic mass is 32.2. The Morgan fingerprint density at radius 2 is 1.94 bits per heavy atom. The molecule has 0 aliphatic heterocycles. The quantitative estimate of drug-likeness (QED) is 0.141. The Balaban J connectivity index is 1.73. The molecule has 2 aromatic rings. The molecule has 0 saturated heterocycles. The monoisotopic (exact) mass is 495 g/mol. The molecule has 0 amide bonds. The third-order valence-electron chi connectivity index (χ3n) is 3.98. The number of aromatic nitrogens is 1. The fourth-order valence-corrected chi connectivity index (χ4v) is 5.13. The Morgan fingerprint density at radius 1 is 1.25 bits per heavy atom. The van der Waals surface area contributed by atoms with Crippen LogP contribution in [0.4, 0.5) is 5.13 Å². The zero-order valence-electron chi connectivity index (χ0n) is 18.2. The van der Waals surface area contributed by atoms with Crippen molar-refractivity contribution in [2.24, 2.45) is 16.5 Å². The van der Waals surface area contributed by atoms with E-state index in [1.807, 2.05) is 36.5 Å². The lowest BCUT2D eigenvalue weighted by atomic mass is 10.4. The topological polar surface area (TPSA) is 157 Å². The number of thioether (sulfide) groups is 2. The van der Waals surface area contributed by atoms with E-state index >= 15 is 0 Å². The molecule has 0 atom stereocenters. The Morgan fingerprint density at radius 3 is 2.59 bits per heavy atom. The number of anilines is 1. The zero-order chi connectivity index (χ0) is 23.3. The molecule has 2 rings (SSSR count). The van der Waals surface area contributed by atoms with E-state index in [0.29, 0.717) is 18.2 Å². The summed E-state index contributed by atoms with van der Waals surface area (Å²) in [5.41, 5.74) is 12.2. The standard InChI is InChI=1S/C19H29N9OS3/c1-27(2)9-15-3-4-16(29-15)12-31-8-6-28(18(23)24-13-20)5-7-30-10-14-11-32-19(25-14)26-17(21)22/h3-4,11H,5-10,12H2,1-2H3,(H2,23,24)(H4,21,22,25,26). The molecule has 0 fully saturated rings. The number of nitriles is 1. The summed E-state index contributed by atoms with van der Waals surface area (Å²) in [6.45, 7) is 2.16. The van der Waals surface area contributed by atoms with E-state index in [-0.39, 0.29) is 11.9 Å². The minimum absolute atomic E-state index is 0.125. The zero-order valence-corrected chi connectivity index (χ0v) is 20.7. The van der Waals surface area contributed by atoms with E-state index in [1.165, 1.54) is 11.3 Å². The molecular formula is C19H29N9OS3. The molecule has 0 saturated carbocycles. The molecule has 0 aliphatic carbocycles. The highest BCUT2D eigenvalue weighted by Gasteiger charge is 2.10. The van der Waals surface area contributed by atoms with Crippen LogP contribution in [0.5, 0.6) is 0 Å². The Labute approximate surface area is 200 Å². The molecule has 6 N–H and O–H groups in total. The molecule has 0 aliphatic rings. The second-order valence-corrected chi connectivity index (χ2v) is 10.0. The number of aliphatic imine (C=N–C) groups is 1. The second-order valence-electron chi connectivity index (χ2n) is 6.95. The Hall–Kier alpha value is -2.40. The molecular weight excluding hydrogens is 466 g/mol. The molecule has 32 heavy (non-hydrogen) atoms. The fraction of sp³-hybridized carbons (Fsp3) is 0.474. The van der Waals surface area contributed by atoms with Crippen LogP contribution in [-0.2, 0) is 18.1 Å². The van der Waals surface area contributed by atoms with Crippen molar-refractivity contribution in [2.75, 3.05) is 44.0 Å². The number of nitrogens with one attached hydrogen (secondary N) is 2. The van der Waals surface area contributed by atoms with Crippen molar-refractivity contribution >= 4 is 51.9 Å². The minimum Gasteiger partial charge on any atom is -0.464 e. The van der Waals surface area contributed by atoms with Gasteiger partial charge in [-0.15, -0.1) is 16.3 Å². The minimum atomic E-state index is -0.125. The maximum absolute atomic E-state index is 8.85. The molecule has 13 heteroatoms. The van der Waals surface area contributed by atoms with Crippen LogP contribution in [0.15, 0.2) is 26.9 Å². The van der Waals surface area contributed by atoms with Crippen LogP contribution in [0.1, 0.15) is 17.2 Å². The van der Waals surface area contributed by atoms with Gasteiger partial charge in [-0.2, -0.15) is 28.8 Å². The molecule has 0 aromatic carbocycles. The van der Waals surface area contributed by atoms with E-state index in [4.69, 9.17) is 26.6 Å². The molecule has 10 nitrogen and oxygen atoms in total. The van der Waals surface area contributed by atoms with Crippen molar-refractivity contribution in [2.45, 2.75) is 18.1 Å². The van der Waals surface area contributed by atoms with Crippen molar-refractivity contribution in [1.29, 1.82) is 10.7 Å². The highest BCUT2D eigenvalue weighted by Crippen LogP contribution is 2.20. The summed E-state index contributed by atoms with van der Waals surface area (Å²) in [6.07, 6.45) is 1.76. The van der Waals surface area contributed by atoms with Crippen LogP contribution < -0.4 is 16.8 Å². The van der Waals surface area contributed by atoms with Gasteiger partial charge in [0.25, 0.3) is 0 Å². The van der Waals surface area contributed by atoms with Crippen LogP contribution >= 0.6 is 34.9 Å². The van der Waals surface area contributed by atoms with Crippen LogP contribution in [0.25, 0.3) is 0 Å². The van der Waals surface area contributed by atoms with Gasteiger partial charge in [0.05, 0.1) is 18.0 Å². The number of guanidine groups is 2. The number of thiazole rings is 1. The first-order valence-electron chi connectivity index (χ1n) is 9.77. The van der Waals surface area contributed by atoms with Crippen molar-refractivity contribution in [3.8, 4) is 6.19 Å². The van der Waals surface area contributed by atoms with Gasteiger partial charge in [-0.25, -0.2) is 4.98 Å². The number of hydrogen-bond donors (Lipinski definition) is 4. The van der Waals surface area contributed by atoms with Crippen LogP contribution in [0, 0.1) is 16.9 Å². The van der Waals surface area contributed by atoms with E-state index < -0.39 is 0 Å². The lowest BCUT2D eigenvalue weighted by molar-refractivity contribution is 0.344. The summed E-state index contributed by atoms with van der Waals surface area (Å²) in [4.78, 5) is 12.1. The van der Waals surface area contributed by atoms with Gasteiger partial charge in [0.15, 0.2) is 11.1 Å². The summed E-state index contributed by atoms with van der Waals surface area (Å²) < 4.78 is 5.83. The smallest absolute Gasteiger partial charge is 0.209 e. The highest BCUT2D eigenvalue weighted by molar-refractivity contribution is 7.98. The number of rotatable bonds is 13. The first kappa shape index (κ1) is 25.9. The Bertz CT molecular complexity index is 919. The lowest BCUT2D eigenvalue weighted by Gasteiger charge is -2.22. The first-order chi connectivity index (χ1) is 15.4. The molecule has 2 heterocycles. The second kappa shape index (κ2) is 13.9.